The van der Waals surface area contributed by atoms with Gasteiger partial charge in [-0.2, -0.15) is 0 Å². The monoisotopic (exact) mass is 297 g/mol. The van der Waals surface area contributed by atoms with Crippen molar-refractivity contribution < 1.29 is 9.21 Å². The fraction of sp³-hybridized carbons (Fsp3) is 0.0588. The molecule has 0 aliphatic carbocycles. The van der Waals surface area contributed by atoms with Gasteiger partial charge in [-0.1, -0.05) is 29.8 Å². The Morgan fingerprint density at radius 2 is 1.71 bits per heavy atom. The second kappa shape index (κ2) is 5.94. The van der Waals surface area contributed by atoms with Crippen molar-refractivity contribution in [3.63, 3.8) is 0 Å². The van der Waals surface area contributed by atoms with Crippen LogP contribution in [0.2, 0.25) is 5.02 Å². The topological polar surface area (TPSA) is 43.1 Å². The molecule has 0 bridgehead atoms. The van der Waals surface area contributed by atoms with E-state index in [0.29, 0.717) is 22.4 Å². The lowest BCUT2D eigenvalue weighted by Gasteiger charge is -1.99. The van der Waals surface area contributed by atoms with Gasteiger partial charge in [-0.25, -0.2) is 4.98 Å². The van der Waals surface area contributed by atoms with Crippen molar-refractivity contribution in [2.75, 3.05) is 0 Å². The van der Waals surface area contributed by atoms with E-state index in [9.17, 15) is 4.79 Å². The number of nitrogens with zero attached hydrogens (tertiary/aromatic N) is 1. The van der Waals surface area contributed by atoms with Crippen LogP contribution in [0.25, 0.3) is 22.8 Å². The number of aromatic nitrogens is 1. The van der Waals surface area contributed by atoms with Crippen LogP contribution in [-0.2, 0) is 11.2 Å². The predicted molar refractivity (Wildman–Crippen MR) is 82.2 cm³/mol. The Morgan fingerprint density at radius 3 is 2.38 bits per heavy atom. The number of rotatable bonds is 4. The third kappa shape index (κ3) is 2.88. The summed E-state index contributed by atoms with van der Waals surface area (Å²) in [7, 11) is 0. The summed E-state index contributed by atoms with van der Waals surface area (Å²) in [4.78, 5) is 15.3. The van der Waals surface area contributed by atoms with Crippen molar-refractivity contribution in [2.45, 2.75) is 6.42 Å². The second-order valence-corrected chi connectivity index (χ2v) is 4.97. The molecule has 0 fully saturated rings. The molecule has 104 valence electrons. The largest absolute Gasteiger partial charge is 0.436 e. The molecule has 2 aromatic carbocycles. The van der Waals surface area contributed by atoms with Crippen LogP contribution >= 0.6 is 11.6 Å². The third-order valence-corrected chi connectivity index (χ3v) is 3.35. The van der Waals surface area contributed by atoms with E-state index in [2.05, 4.69) is 4.98 Å². The first kappa shape index (κ1) is 13.6. The van der Waals surface area contributed by atoms with Crippen LogP contribution in [0.4, 0.5) is 0 Å². The molecular formula is C17H12ClNO2. The number of carbonyl (C=O) groups excluding carboxylic acids is 1. The Morgan fingerprint density at radius 1 is 1.00 bits per heavy atom. The summed E-state index contributed by atoms with van der Waals surface area (Å²) in [6.45, 7) is 0. The molecule has 1 heterocycles. The van der Waals surface area contributed by atoms with E-state index in [1.807, 2.05) is 42.5 Å². The molecule has 1 aromatic heterocycles. The third-order valence-electron chi connectivity index (χ3n) is 3.10. The smallest absolute Gasteiger partial charge is 0.227 e. The van der Waals surface area contributed by atoms with Crippen molar-refractivity contribution in [3.05, 3.63) is 65.3 Å². The van der Waals surface area contributed by atoms with Crippen LogP contribution in [-0.4, -0.2) is 11.3 Å². The maximum atomic E-state index is 10.9. The highest BCUT2D eigenvalue weighted by Crippen LogP contribution is 2.30. The average Bonchev–Trinajstić information content (AvgIpc) is 2.93. The number of oxazole rings is 1. The first-order valence-electron chi connectivity index (χ1n) is 6.52. The molecule has 3 rings (SSSR count). The van der Waals surface area contributed by atoms with Crippen LogP contribution < -0.4 is 0 Å². The lowest BCUT2D eigenvalue weighted by atomic mass is 10.1. The van der Waals surface area contributed by atoms with Gasteiger partial charge in [0.1, 0.15) is 6.29 Å². The predicted octanol–water partition coefficient (Wildman–Crippen LogP) is 4.40. The first-order chi connectivity index (χ1) is 10.3. The van der Waals surface area contributed by atoms with Gasteiger partial charge in [0.05, 0.1) is 5.69 Å². The summed E-state index contributed by atoms with van der Waals surface area (Å²) < 4.78 is 5.87. The van der Waals surface area contributed by atoms with Gasteiger partial charge in [0.15, 0.2) is 5.76 Å². The number of hydrogen-bond acceptors (Lipinski definition) is 3. The average molecular weight is 298 g/mol. The normalized spacial score (nSPS) is 10.5. The summed E-state index contributed by atoms with van der Waals surface area (Å²) in [6, 6.07) is 16.9. The molecule has 0 spiro atoms. The van der Waals surface area contributed by atoms with Crippen molar-refractivity contribution in [1.29, 1.82) is 0 Å². The van der Waals surface area contributed by atoms with E-state index in [1.54, 1.807) is 12.1 Å². The van der Waals surface area contributed by atoms with Crippen molar-refractivity contribution >= 4 is 17.9 Å². The minimum atomic E-state index is 0.217. The van der Waals surface area contributed by atoms with Gasteiger partial charge < -0.3 is 9.21 Å². The highest BCUT2D eigenvalue weighted by atomic mass is 35.5. The molecule has 0 saturated carbocycles. The Kier molecular flexibility index (Phi) is 3.84. The Bertz CT molecular complexity index is 748. The minimum Gasteiger partial charge on any atom is -0.436 e. The Balaban J connectivity index is 2.08. The zero-order valence-corrected chi connectivity index (χ0v) is 11.9. The zero-order chi connectivity index (χ0) is 14.7. The van der Waals surface area contributed by atoms with Gasteiger partial charge in [-0.05, 0) is 36.4 Å². The number of benzene rings is 2. The Labute approximate surface area is 127 Å². The number of hydrogen-bond donors (Lipinski definition) is 0. The summed E-state index contributed by atoms with van der Waals surface area (Å²) in [5.41, 5.74) is 2.36. The maximum Gasteiger partial charge on any atom is 0.227 e. The zero-order valence-electron chi connectivity index (χ0n) is 11.1. The van der Waals surface area contributed by atoms with E-state index >= 15 is 0 Å². The van der Waals surface area contributed by atoms with E-state index in [1.165, 1.54) is 0 Å². The van der Waals surface area contributed by atoms with Gasteiger partial charge in [-0.3, -0.25) is 0 Å². The van der Waals surface area contributed by atoms with Crippen molar-refractivity contribution in [2.24, 2.45) is 0 Å². The molecule has 3 aromatic rings. The maximum absolute atomic E-state index is 10.9. The minimum absolute atomic E-state index is 0.217. The van der Waals surface area contributed by atoms with Gasteiger partial charge >= 0.3 is 0 Å². The van der Waals surface area contributed by atoms with Crippen LogP contribution in [0, 0.1) is 0 Å². The van der Waals surface area contributed by atoms with Gasteiger partial charge in [-0.15, -0.1) is 0 Å². The molecular weight excluding hydrogens is 286 g/mol. The quantitative estimate of drug-likeness (QED) is 0.670. The second-order valence-electron chi connectivity index (χ2n) is 4.54. The molecule has 0 aliphatic rings. The molecule has 3 nitrogen and oxygen atoms in total. The highest BCUT2D eigenvalue weighted by molar-refractivity contribution is 6.30. The van der Waals surface area contributed by atoms with Crippen molar-refractivity contribution in [3.8, 4) is 22.8 Å². The fourth-order valence-corrected chi connectivity index (χ4v) is 2.23. The van der Waals surface area contributed by atoms with E-state index in [-0.39, 0.29) is 6.42 Å². The molecule has 0 amide bonds. The van der Waals surface area contributed by atoms with Crippen LogP contribution in [0.3, 0.4) is 0 Å². The summed E-state index contributed by atoms with van der Waals surface area (Å²) in [5, 5.41) is 0.651. The number of aldehydes is 1. The van der Waals surface area contributed by atoms with Gasteiger partial charge in [0.2, 0.25) is 5.89 Å². The summed E-state index contributed by atoms with van der Waals surface area (Å²) in [5.74, 6) is 1.12. The van der Waals surface area contributed by atoms with E-state index < -0.39 is 0 Å². The van der Waals surface area contributed by atoms with Crippen LogP contribution in [0.5, 0.6) is 0 Å². The lowest BCUT2D eigenvalue weighted by Crippen LogP contribution is -1.89. The Hall–Kier alpha value is -2.39. The van der Waals surface area contributed by atoms with Crippen LogP contribution in [0.1, 0.15) is 5.69 Å². The summed E-state index contributed by atoms with van der Waals surface area (Å²) >= 11 is 5.90. The molecule has 0 N–H and O–H groups in total. The first-order valence-corrected chi connectivity index (χ1v) is 6.90. The molecule has 0 atom stereocenters. The molecule has 0 radical (unpaired) electrons. The number of carbonyl (C=O) groups is 1. The standard InChI is InChI=1S/C17H12ClNO2/c18-14-8-6-12(7-9-14)16-15(10-11-20)19-17(21-16)13-4-2-1-3-5-13/h1-9,11H,10H2. The molecule has 4 heteroatoms. The van der Waals surface area contributed by atoms with Gasteiger partial charge in [0, 0.05) is 22.6 Å². The van der Waals surface area contributed by atoms with E-state index in [0.717, 1.165) is 17.4 Å². The van der Waals surface area contributed by atoms with E-state index in [4.69, 9.17) is 16.0 Å². The summed E-state index contributed by atoms with van der Waals surface area (Å²) in [6.07, 6.45) is 1.04. The lowest BCUT2D eigenvalue weighted by molar-refractivity contribution is -0.107. The highest BCUT2D eigenvalue weighted by Gasteiger charge is 2.15. The number of halogens is 1. The molecule has 0 unspecified atom stereocenters. The molecule has 0 aliphatic heterocycles. The fourth-order valence-electron chi connectivity index (χ4n) is 2.10. The van der Waals surface area contributed by atoms with Crippen molar-refractivity contribution in [1.82, 2.24) is 4.98 Å². The molecule has 21 heavy (non-hydrogen) atoms. The van der Waals surface area contributed by atoms with Gasteiger partial charge in [0.25, 0.3) is 0 Å². The molecule has 0 saturated heterocycles. The SMILES string of the molecule is O=CCc1nc(-c2ccccc2)oc1-c1ccc(Cl)cc1. The van der Waals surface area contributed by atoms with Crippen LogP contribution in [0.15, 0.2) is 59.0 Å².